The number of aromatic nitrogens is 2. The van der Waals surface area contributed by atoms with E-state index in [1.165, 1.54) is 19.2 Å². The van der Waals surface area contributed by atoms with Crippen molar-refractivity contribution in [1.29, 1.82) is 0 Å². The molecule has 98 valence electrons. The van der Waals surface area contributed by atoms with Gasteiger partial charge in [-0.1, -0.05) is 0 Å². The van der Waals surface area contributed by atoms with E-state index >= 15 is 0 Å². The van der Waals surface area contributed by atoms with Crippen LogP contribution in [0.2, 0.25) is 0 Å². The lowest BCUT2D eigenvalue weighted by atomic mass is 10.2. The Hall–Kier alpha value is -2.70. The number of esters is 1. The highest BCUT2D eigenvalue weighted by Gasteiger charge is 2.11. The number of benzene rings is 1. The molecule has 1 aromatic heterocycles. The van der Waals surface area contributed by atoms with Crippen molar-refractivity contribution >= 4 is 11.7 Å². The lowest BCUT2D eigenvalue weighted by molar-refractivity contribution is -0.384. The Labute approximate surface area is 108 Å². The van der Waals surface area contributed by atoms with Crippen LogP contribution in [0, 0.1) is 10.1 Å². The van der Waals surface area contributed by atoms with E-state index < -0.39 is 4.92 Å². The summed E-state index contributed by atoms with van der Waals surface area (Å²) in [7, 11) is 1.31. The maximum Gasteiger partial charge on any atom is 0.325 e. The van der Waals surface area contributed by atoms with Gasteiger partial charge in [0, 0.05) is 30.1 Å². The predicted molar refractivity (Wildman–Crippen MR) is 66.3 cm³/mol. The van der Waals surface area contributed by atoms with Crippen LogP contribution >= 0.6 is 0 Å². The summed E-state index contributed by atoms with van der Waals surface area (Å²) in [6.07, 6.45) is 3.20. The summed E-state index contributed by atoms with van der Waals surface area (Å²) in [4.78, 5) is 25.5. The topological polar surface area (TPSA) is 87.3 Å². The SMILES string of the molecule is COC(=O)Cn1ccnc1-c1ccc([N+](=O)[O-])cc1. The van der Waals surface area contributed by atoms with Gasteiger partial charge >= 0.3 is 5.97 Å². The molecule has 7 nitrogen and oxygen atoms in total. The number of hydrogen-bond donors (Lipinski definition) is 0. The van der Waals surface area contributed by atoms with Crippen LogP contribution in [0.5, 0.6) is 0 Å². The predicted octanol–water partition coefficient (Wildman–Crippen LogP) is 1.63. The normalized spacial score (nSPS) is 10.2. The highest BCUT2D eigenvalue weighted by atomic mass is 16.6. The number of carbonyl (C=O) groups excluding carboxylic acids is 1. The molecule has 0 saturated carbocycles. The van der Waals surface area contributed by atoms with Crippen LogP contribution in [0.1, 0.15) is 0 Å². The van der Waals surface area contributed by atoms with Gasteiger partial charge < -0.3 is 9.30 Å². The molecule has 1 heterocycles. The average Bonchev–Trinajstić information content (AvgIpc) is 2.86. The minimum atomic E-state index is -0.468. The van der Waals surface area contributed by atoms with Crippen molar-refractivity contribution in [3.63, 3.8) is 0 Å². The molecule has 0 aliphatic heterocycles. The van der Waals surface area contributed by atoms with Crippen molar-refractivity contribution in [2.45, 2.75) is 6.54 Å². The number of nitro groups is 1. The van der Waals surface area contributed by atoms with E-state index in [9.17, 15) is 14.9 Å². The van der Waals surface area contributed by atoms with Gasteiger partial charge in [0.05, 0.1) is 12.0 Å². The first kappa shape index (κ1) is 12.7. The van der Waals surface area contributed by atoms with Crippen LogP contribution in [0.3, 0.4) is 0 Å². The van der Waals surface area contributed by atoms with Gasteiger partial charge in [-0.05, 0) is 12.1 Å². The molecular formula is C12H11N3O4. The molecule has 1 aromatic carbocycles. The molecule has 0 N–H and O–H groups in total. The number of hydrogen-bond acceptors (Lipinski definition) is 5. The Kier molecular flexibility index (Phi) is 3.56. The Morgan fingerprint density at radius 2 is 2.11 bits per heavy atom. The molecule has 7 heteroatoms. The standard InChI is InChI=1S/C12H11N3O4/c1-19-11(16)8-14-7-6-13-12(14)9-2-4-10(5-3-9)15(17)18/h2-7H,8H2,1H3. The Morgan fingerprint density at radius 3 is 2.68 bits per heavy atom. The van der Waals surface area contributed by atoms with Crippen LogP contribution in [-0.4, -0.2) is 27.6 Å². The first-order valence-corrected chi connectivity index (χ1v) is 5.44. The molecule has 0 amide bonds. The largest absolute Gasteiger partial charge is 0.468 e. The third kappa shape index (κ3) is 2.76. The molecule has 0 spiro atoms. The maximum atomic E-state index is 11.2. The zero-order chi connectivity index (χ0) is 13.8. The van der Waals surface area contributed by atoms with Crippen molar-refractivity contribution in [1.82, 2.24) is 9.55 Å². The summed E-state index contributed by atoms with van der Waals surface area (Å²) in [5, 5.41) is 10.6. The number of non-ortho nitro benzene ring substituents is 1. The summed E-state index contributed by atoms with van der Waals surface area (Å²) in [5.41, 5.74) is 0.703. The van der Waals surface area contributed by atoms with Crippen molar-refractivity contribution in [3.8, 4) is 11.4 Å². The number of carbonyl (C=O) groups is 1. The minimum Gasteiger partial charge on any atom is -0.468 e. The van der Waals surface area contributed by atoms with E-state index in [4.69, 9.17) is 0 Å². The van der Waals surface area contributed by atoms with Crippen LogP contribution in [0.4, 0.5) is 5.69 Å². The Balaban J connectivity index is 2.29. The Bertz CT molecular complexity index is 604. The second-order valence-electron chi connectivity index (χ2n) is 3.76. The number of nitro benzene ring substituents is 1. The first-order valence-electron chi connectivity index (χ1n) is 5.44. The smallest absolute Gasteiger partial charge is 0.325 e. The van der Waals surface area contributed by atoms with E-state index in [2.05, 4.69) is 9.72 Å². The third-order valence-corrected chi connectivity index (χ3v) is 2.58. The van der Waals surface area contributed by atoms with E-state index in [1.54, 1.807) is 29.1 Å². The molecule has 0 fully saturated rings. The number of rotatable bonds is 4. The van der Waals surface area contributed by atoms with Crippen LogP contribution in [0.25, 0.3) is 11.4 Å². The fourth-order valence-electron chi connectivity index (χ4n) is 1.63. The summed E-state index contributed by atoms with van der Waals surface area (Å²) in [6, 6.07) is 5.97. The molecule has 0 saturated heterocycles. The quantitative estimate of drug-likeness (QED) is 0.474. The first-order chi connectivity index (χ1) is 9.11. The van der Waals surface area contributed by atoms with E-state index in [1.807, 2.05) is 0 Å². The molecular weight excluding hydrogens is 250 g/mol. The second kappa shape index (κ2) is 5.30. The number of methoxy groups -OCH3 is 1. The van der Waals surface area contributed by atoms with E-state index in [0.29, 0.717) is 11.4 Å². The lowest BCUT2D eigenvalue weighted by Crippen LogP contribution is -2.11. The highest BCUT2D eigenvalue weighted by Crippen LogP contribution is 2.21. The average molecular weight is 261 g/mol. The summed E-state index contributed by atoms with van der Waals surface area (Å²) in [5.74, 6) is 0.168. The van der Waals surface area contributed by atoms with Gasteiger partial charge in [-0.2, -0.15) is 0 Å². The summed E-state index contributed by atoms with van der Waals surface area (Å²) >= 11 is 0. The molecule has 0 bridgehead atoms. The van der Waals surface area contributed by atoms with E-state index in [-0.39, 0.29) is 18.2 Å². The zero-order valence-corrected chi connectivity index (χ0v) is 10.1. The highest BCUT2D eigenvalue weighted by molar-refractivity contribution is 5.70. The lowest BCUT2D eigenvalue weighted by Gasteiger charge is -2.06. The molecule has 0 aliphatic carbocycles. The number of ether oxygens (including phenoxy) is 1. The minimum absolute atomic E-state index is 0.00910. The van der Waals surface area contributed by atoms with Crippen molar-refractivity contribution in [2.24, 2.45) is 0 Å². The second-order valence-corrected chi connectivity index (χ2v) is 3.76. The van der Waals surface area contributed by atoms with Crippen molar-refractivity contribution in [2.75, 3.05) is 7.11 Å². The molecule has 0 aliphatic rings. The molecule has 2 rings (SSSR count). The van der Waals surface area contributed by atoms with E-state index in [0.717, 1.165) is 0 Å². The van der Waals surface area contributed by atoms with Gasteiger partial charge in [0.2, 0.25) is 0 Å². The van der Waals surface area contributed by atoms with Crippen molar-refractivity contribution in [3.05, 3.63) is 46.8 Å². The molecule has 0 radical (unpaired) electrons. The van der Waals surface area contributed by atoms with Crippen molar-refractivity contribution < 1.29 is 14.5 Å². The number of imidazole rings is 1. The fraction of sp³-hybridized carbons (Fsp3) is 0.167. The summed E-state index contributed by atoms with van der Waals surface area (Å²) in [6.45, 7) is 0.0445. The van der Waals surface area contributed by atoms with Gasteiger partial charge in [0.1, 0.15) is 12.4 Å². The monoisotopic (exact) mass is 261 g/mol. The van der Waals surface area contributed by atoms with Gasteiger partial charge in [-0.3, -0.25) is 14.9 Å². The molecule has 2 aromatic rings. The molecule has 0 unspecified atom stereocenters. The van der Waals surface area contributed by atoms with Gasteiger partial charge in [0.15, 0.2) is 0 Å². The Morgan fingerprint density at radius 1 is 1.42 bits per heavy atom. The maximum absolute atomic E-state index is 11.2. The van der Waals surface area contributed by atoms with Gasteiger partial charge in [-0.15, -0.1) is 0 Å². The summed E-state index contributed by atoms with van der Waals surface area (Å²) < 4.78 is 6.21. The van der Waals surface area contributed by atoms with Crippen LogP contribution in [-0.2, 0) is 16.1 Å². The van der Waals surface area contributed by atoms with Gasteiger partial charge in [0.25, 0.3) is 5.69 Å². The van der Waals surface area contributed by atoms with Gasteiger partial charge in [-0.25, -0.2) is 4.98 Å². The molecule has 0 atom stereocenters. The zero-order valence-electron chi connectivity index (χ0n) is 10.1. The van der Waals surface area contributed by atoms with Crippen LogP contribution in [0.15, 0.2) is 36.7 Å². The van der Waals surface area contributed by atoms with Crippen LogP contribution < -0.4 is 0 Å². The third-order valence-electron chi connectivity index (χ3n) is 2.58. The fourth-order valence-corrected chi connectivity index (χ4v) is 1.63. The number of nitrogens with zero attached hydrogens (tertiary/aromatic N) is 3. The molecule has 19 heavy (non-hydrogen) atoms.